The number of nitrogens with two attached hydrogens (primary N) is 1. The van der Waals surface area contributed by atoms with Crippen LogP contribution >= 0.6 is 0 Å². The first kappa shape index (κ1) is 32.6. The van der Waals surface area contributed by atoms with Crippen LogP contribution in [0.15, 0.2) is 12.2 Å². The number of hydrogen-bond acceptors (Lipinski definition) is 1. The molecule has 1 heteroatoms. The maximum absolute atomic E-state index is 6.63. The molecular formula is C42H73N. The lowest BCUT2D eigenvalue weighted by Crippen LogP contribution is -2.41. The van der Waals surface area contributed by atoms with Crippen LogP contribution in [0.25, 0.3) is 0 Å². The molecule has 0 radical (unpaired) electrons. The molecule has 6 rings (SSSR count). The Kier molecular flexibility index (Phi) is 11.4. The summed E-state index contributed by atoms with van der Waals surface area (Å²) in [5.41, 5.74) is 7.26. The van der Waals surface area contributed by atoms with E-state index in [9.17, 15) is 0 Å². The van der Waals surface area contributed by atoms with Crippen molar-refractivity contribution in [3.05, 3.63) is 12.2 Å². The Morgan fingerprint density at radius 2 is 1.35 bits per heavy atom. The molecule has 0 saturated heterocycles. The summed E-state index contributed by atoms with van der Waals surface area (Å²) in [6.07, 6.45) is 41.4. The van der Waals surface area contributed by atoms with Crippen molar-refractivity contribution in [1.29, 1.82) is 0 Å². The lowest BCUT2D eigenvalue weighted by atomic mass is 9.57. The first-order chi connectivity index (χ1) is 21.0. The summed E-state index contributed by atoms with van der Waals surface area (Å²) >= 11 is 0. The van der Waals surface area contributed by atoms with Crippen molar-refractivity contribution in [3.8, 4) is 0 Å². The highest BCUT2D eigenvalue weighted by atomic mass is 14.6. The summed E-state index contributed by atoms with van der Waals surface area (Å²) in [5.74, 6) is 11.1. The molecule has 0 aromatic carbocycles. The molecular weight excluding hydrogens is 518 g/mol. The minimum atomic E-state index is 0.375. The number of fused-ring (bicyclic) bond motifs is 5. The van der Waals surface area contributed by atoms with Gasteiger partial charge in [-0.3, -0.25) is 0 Å². The molecule has 6 aliphatic rings. The average Bonchev–Trinajstić information content (AvgIpc) is 3.77. The highest BCUT2D eigenvalue weighted by molar-refractivity contribution is 5.09. The van der Waals surface area contributed by atoms with Crippen LogP contribution in [0.4, 0.5) is 0 Å². The molecule has 0 aliphatic heterocycles. The van der Waals surface area contributed by atoms with Gasteiger partial charge in [-0.05, 0) is 142 Å². The van der Waals surface area contributed by atoms with Gasteiger partial charge < -0.3 is 5.73 Å². The maximum atomic E-state index is 6.63. The summed E-state index contributed by atoms with van der Waals surface area (Å²) in [5, 5.41) is 0. The number of rotatable bonds is 10. The van der Waals surface area contributed by atoms with Gasteiger partial charge >= 0.3 is 0 Å². The zero-order chi connectivity index (χ0) is 29.8. The molecule has 0 spiro atoms. The van der Waals surface area contributed by atoms with E-state index in [1.807, 2.05) is 0 Å². The van der Waals surface area contributed by atoms with Crippen molar-refractivity contribution < 1.29 is 0 Å². The molecule has 9 unspecified atom stereocenters. The quantitative estimate of drug-likeness (QED) is 0.251. The minimum Gasteiger partial charge on any atom is -0.328 e. The number of allylic oxidation sites excluding steroid dienone is 2. The van der Waals surface area contributed by atoms with Gasteiger partial charge in [0.15, 0.2) is 0 Å². The molecule has 6 saturated carbocycles. The van der Waals surface area contributed by atoms with E-state index < -0.39 is 0 Å². The Bertz CT molecular complexity index is 856. The van der Waals surface area contributed by atoms with E-state index in [1.165, 1.54) is 96.3 Å². The summed E-state index contributed by atoms with van der Waals surface area (Å²) in [7, 11) is 0. The molecule has 0 aromatic rings. The lowest BCUT2D eigenvalue weighted by Gasteiger charge is -2.48. The normalized spacial score (nSPS) is 41.9. The predicted molar refractivity (Wildman–Crippen MR) is 186 cm³/mol. The maximum Gasteiger partial charge on any atom is 0.00132 e. The van der Waals surface area contributed by atoms with Crippen molar-refractivity contribution >= 4 is 0 Å². The van der Waals surface area contributed by atoms with Crippen LogP contribution in [-0.2, 0) is 0 Å². The molecule has 246 valence electrons. The van der Waals surface area contributed by atoms with Gasteiger partial charge in [0.2, 0.25) is 0 Å². The largest absolute Gasteiger partial charge is 0.328 e. The molecule has 6 fully saturated rings. The second-order valence-electron chi connectivity index (χ2n) is 17.9. The third-order valence-corrected chi connectivity index (χ3v) is 15.5. The van der Waals surface area contributed by atoms with Crippen LogP contribution in [0.1, 0.15) is 175 Å². The Morgan fingerprint density at radius 3 is 2.05 bits per heavy atom. The monoisotopic (exact) mass is 592 g/mol. The van der Waals surface area contributed by atoms with E-state index in [4.69, 9.17) is 5.73 Å². The SMILES string of the molecule is CC=CC1CCCCCCCC2CC(CC)(C1)C1CCC(C(CC(CC(C)N)C3CCCC3)C3CC(C4CCCC4)C3)C21. The number of hydrogen-bond donors (Lipinski definition) is 1. The average molecular weight is 592 g/mol. The van der Waals surface area contributed by atoms with E-state index in [0.717, 1.165) is 65.1 Å². The molecule has 2 bridgehead atoms. The van der Waals surface area contributed by atoms with Crippen molar-refractivity contribution in [1.82, 2.24) is 0 Å². The van der Waals surface area contributed by atoms with Gasteiger partial charge in [0.25, 0.3) is 0 Å². The van der Waals surface area contributed by atoms with Crippen molar-refractivity contribution in [2.75, 3.05) is 0 Å². The molecule has 0 heterocycles. The fourth-order valence-corrected chi connectivity index (χ4v) is 13.6. The lowest BCUT2D eigenvalue weighted by molar-refractivity contribution is 0.00945. The van der Waals surface area contributed by atoms with Gasteiger partial charge in [-0.1, -0.05) is 115 Å². The van der Waals surface area contributed by atoms with E-state index >= 15 is 0 Å². The Balaban J connectivity index is 1.27. The van der Waals surface area contributed by atoms with Crippen LogP contribution in [0, 0.1) is 70.5 Å². The predicted octanol–water partition coefficient (Wildman–Crippen LogP) is 12.1. The van der Waals surface area contributed by atoms with Gasteiger partial charge in [-0.25, -0.2) is 0 Å². The van der Waals surface area contributed by atoms with Gasteiger partial charge in [0.1, 0.15) is 0 Å². The molecule has 0 aromatic heterocycles. The summed E-state index contributed by atoms with van der Waals surface area (Å²) in [6.45, 7) is 7.21. The smallest absolute Gasteiger partial charge is 0.00132 e. The van der Waals surface area contributed by atoms with Crippen LogP contribution in [0.5, 0.6) is 0 Å². The molecule has 6 aliphatic carbocycles. The Labute approximate surface area is 268 Å². The minimum absolute atomic E-state index is 0.375. The van der Waals surface area contributed by atoms with Gasteiger partial charge in [-0.2, -0.15) is 0 Å². The van der Waals surface area contributed by atoms with Crippen LogP contribution in [-0.4, -0.2) is 6.04 Å². The molecule has 43 heavy (non-hydrogen) atoms. The molecule has 0 amide bonds. The molecule has 9 atom stereocenters. The van der Waals surface area contributed by atoms with E-state index in [0.29, 0.717) is 11.5 Å². The van der Waals surface area contributed by atoms with Gasteiger partial charge in [0, 0.05) is 6.04 Å². The van der Waals surface area contributed by atoms with Crippen LogP contribution < -0.4 is 5.73 Å². The topological polar surface area (TPSA) is 26.0 Å². The van der Waals surface area contributed by atoms with Crippen molar-refractivity contribution in [3.63, 3.8) is 0 Å². The summed E-state index contributed by atoms with van der Waals surface area (Å²) in [6, 6.07) is 0.375. The second kappa shape index (κ2) is 15.1. The zero-order valence-corrected chi connectivity index (χ0v) is 29.1. The first-order valence-electron chi connectivity index (χ1n) is 20.4. The van der Waals surface area contributed by atoms with Crippen LogP contribution in [0.2, 0.25) is 0 Å². The fraction of sp³-hybridized carbons (Fsp3) is 0.952. The van der Waals surface area contributed by atoms with Crippen molar-refractivity contribution in [2.45, 2.75) is 181 Å². The highest BCUT2D eigenvalue weighted by Crippen LogP contribution is 2.67. The zero-order valence-electron chi connectivity index (χ0n) is 29.1. The molecule has 1 nitrogen and oxygen atoms in total. The van der Waals surface area contributed by atoms with E-state index in [-0.39, 0.29) is 0 Å². The first-order valence-corrected chi connectivity index (χ1v) is 20.4. The third-order valence-electron chi connectivity index (χ3n) is 15.5. The summed E-state index contributed by atoms with van der Waals surface area (Å²) < 4.78 is 0. The fourth-order valence-electron chi connectivity index (χ4n) is 13.6. The standard InChI is InChI=1S/C42H73N/c1-4-15-31-16-9-7-6-8-10-21-34-29-42(5-2,28-31)40-23-22-38(41(34)40)39(37-25-36(26-37)33-19-13-14-20-33)27-35(24-30(3)43)32-17-11-12-18-32/h4,15,30-41H,5-14,16-29,43H2,1-3H3. The van der Waals surface area contributed by atoms with Crippen LogP contribution in [0.3, 0.4) is 0 Å². The van der Waals surface area contributed by atoms with Crippen molar-refractivity contribution in [2.24, 2.45) is 76.2 Å². The van der Waals surface area contributed by atoms with E-state index in [2.05, 4.69) is 32.9 Å². The Hall–Kier alpha value is -0.300. The third kappa shape index (κ3) is 7.33. The van der Waals surface area contributed by atoms with Gasteiger partial charge in [0.05, 0.1) is 0 Å². The Morgan fingerprint density at radius 1 is 0.698 bits per heavy atom. The second-order valence-corrected chi connectivity index (χ2v) is 17.9. The molecule has 2 N–H and O–H groups in total. The van der Waals surface area contributed by atoms with E-state index in [1.54, 1.807) is 57.8 Å². The summed E-state index contributed by atoms with van der Waals surface area (Å²) in [4.78, 5) is 0. The van der Waals surface area contributed by atoms with Gasteiger partial charge in [-0.15, -0.1) is 0 Å². The highest BCUT2D eigenvalue weighted by Gasteiger charge is 2.59.